The highest BCUT2D eigenvalue weighted by Gasteiger charge is 2.52. The number of carbonyl (C=O) groups is 3. The third-order valence-corrected chi connectivity index (χ3v) is 3.05. The van der Waals surface area contributed by atoms with E-state index in [0.29, 0.717) is 4.90 Å². The number of methoxy groups -OCH3 is 1. The lowest BCUT2D eigenvalue weighted by Gasteiger charge is -2.36. The van der Waals surface area contributed by atoms with E-state index < -0.39 is 54.5 Å². The predicted molar refractivity (Wildman–Crippen MR) is 67.6 cm³/mol. The van der Waals surface area contributed by atoms with Crippen molar-refractivity contribution < 1.29 is 37.0 Å². The van der Waals surface area contributed by atoms with E-state index in [1.807, 2.05) is 0 Å². The average Bonchev–Trinajstić information content (AvgIpc) is 2.34. The molecule has 1 saturated heterocycles. The van der Waals surface area contributed by atoms with E-state index in [4.69, 9.17) is 4.74 Å². The molecule has 1 unspecified atom stereocenters. The number of hydrogen-bond acceptors (Lipinski definition) is 5. The number of esters is 1. The molecule has 0 saturated carbocycles. The van der Waals surface area contributed by atoms with E-state index in [-0.39, 0.29) is 0 Å². The van der Waals surface area contributed by atoms with Gasteiger partial charge in [-0.1, -0.05) is 0 Å². The number of ether oxygens (including phenoxy) is 2. The van der Waals surface area contributed by atoms with Gasteiger partial charge in [0, 0.05) is 6.54 Å². The molecule has 0 aliphatic carbocycles. The zero-order valence-electron chi connectivity index (χ0n) is 12.7. The number of halogens is 3. The van der Waals surface area contributed by atoms with Gasteiger partial charge in [0.2, 0.25) is 5.91 Å². The molecule has 0 radical (unpaired) electrons. The molecule has 1 rings (SSSR count). The standard InChI is InChI=1S/C13H18F3NO5/c1-12(2,3)22-11(20)17-6-7(13(14,15)16)5-8(9(17)18)10(19)21-4/h7-8H,5-6H2,1-4H3/t7-,8?/m1/s1. The fourth-order valence-electron chi connectivity index (χ4n) is 2.02. The summed E-state index contributed by atoms with van der Waals surface area (Å²) in [5.41, 5.74) is -0.983. The van der Waals surface area contributed by atoms with Crippen molar-refractivity contribution >= 4 is 18.0 Å². The highest BCUT2D eigenvalue weighted by molar-refractivity contribution is 6.04. The summed E-state index contributed by atoms with van der Waals surface area (Å²) in [7, 11) is 0.963. The number of alkyl halides is 3. The quantitative estimate of drug-likeness (QED) is 0.545. The molecule has 0 bridgehead atoms. The van der Waals surface area contributed by atoms with Gasteiger partial charge in [0.25, 0.3) is 0 Å². The van der Waals surface area contributed by atoms with Gasteiger partial charge in [-0.05, 0) is 27.2 Å². The van der Waals surface area contributed by atoms with Crippen LogP contribution in [-0.4, -0.2) is 48.3 Å². The third-order valence-electron chi connectivity index (χ3n) is 3.05. The normalized spacial score (nSPS) is 23.2. The van der Waals surface area contributed by atoms with Crippen LogP contribution >= 0.6 is 0 Å². The fourth-order valence-corrected chi connectivity index (χ4v) is 2.02. The molecule has 126 valence electrons. The summed E-state index contributed by atoms with van der Waals surface area (Å²) in [6.07, 6.45) is -6.60. The zero-order valence-corrected chi connectivity index (χ0v) is 12.7. The highest BCUT2D eigenvalue weighted by atomic mass is 19.4. The second-order valence-electron chi connectivity index (χ2n) is 5.98. The predicted octanol–water partition coefficient (Wildman–Crippen LogP) is 2.12. The molecule has 2 amide bonds. The van der Waals surface area contributed by atoms with Gasteiger partial charge in [0.15, 0.2) is 0 Å². The van der Waals surface area contributed by atoms with Crippen LogP contribution in [0.2, 0.25) is 0 Å². The Labute approximate surface area is 125 Å². The van der Waals surface area contributed by atoms with E-state index in [0.717, 1.165) is 7.11 Å². The Kier molecular flexibility index (Phi) is 5.09. The third kappa shape index (κ3) is 4.35. The van der Waals surface area contributed by atoms with Gasteiger partial charge in [-0.25, -0.2) is 9.69 Å². The first kappa shape index (κ1) is 18.2. The van der Waals surface area contributed by atoms with E-state index in [1.165, 1.54) is 20.8 Å². The maximum atomic E-state index is 12.9. The molecule has 1 aliphatic heterocycles. The fraction of sp³-hybridized carbons (Fsp3) is 0.769. The largest absolute Gasteiger partial charge is 0.468 e. The van der Waals surface area contributed by atoms with Crippen LogP contribution in [0.4, 0.5) is 18.0 Å². The molecule has 0 aromatic heterocycles. The zero-order chi connectivity index (χ0) is 17.3. The number of imide groups is 1. The molecule has 0 N–H and O–H groups in total. The molecule has 1 fully saturated rings. The molecular formula is C13H18F3NO5. The van der Waals surface area contributed by atoms with Gasteiger partial charge in [-0.2, -0.15) is 13.2 Å². The molecule has 0 aromatic carbocycles. The second-order valence-corrected chi connectivity index (χ2v) is 5.98. The highest BCUT2D eigenvalue weighted by Crippen LogP contribution is 2.36. The minimum Gasteiger partial charge on any atom is -0.468 e. The summed E-state index contributed by atoms with van der Waals surface area (Å²) in [5, 5.41) is 0. The SMILES string of the molecule is COC(=O)C1C[C@@H](C(F)(F)F)CN(C(=O)OC(C)(C)C)C1=O. The monoisotopic (exact) mass is 325 g/mol. The lowest BCUT2D eigenvalue weighted by Crippen LogP contribution is -2.54. The Morgan fingerprint density at radius 2 is 1.77 bits per heavy atom. The van der Waals surface area contributed by atoms with Crippen molar-refractivity contribution in [3.8, 4) is 0 Å². The molecule has 22 heavy (non-hydrogen) atoms. The van der Waals surface area contributed by atoms with Crippen LogP contribution < -0.4 is 0 Å². The molecule has 0 spiro atoms. The second kappa shape index (κ2) is 6.13. The van der Waals surface area contributed by atoms with Crippen LogP contribution in [0.25, 0.3) is 0 Å². The Morgan fingerprint density at radius 1 is 1.23 bits per heavy atom. The smallest absolute Gasteiger partial charge is 0.417 e. The number of piperidine rings is 1. The molecule has 6 nitrogen and oxygen atoms in total. The minimum absolute atomic E-state index is 0.328. The summed E-state index contributed by atoms with van der Waals surface area (Å²) in [5.74, 6) is -5.81. The Hall–Kier alpha value is -1.80. The van der Waals surface area contributed by atoms with Crippen molar-refractivity contribution in [3.63, 3.8) is 0 Å². The number of nitrogens with zero attached hydrogens (tertiary/aromatic N) is 1. The number of rotatable bonds is 1. The van der Waals surface area contributed by atoms with E-state index in [9.17, 15) is 27.6 Å². The van der Waals surface area contributed by atoms with Crippen molar-refractivity contribution in [1.82, 2.24) is 4.90 Å². The van der Waals surface area contributed by atoms with Gasteiger partial charge in [0.1, 0.15) is 11.5 Å². The van der Waals surface area contributed by atoms with Crippen molar-refractivity contribution in [1.29, 1.82) is 0 Å². The summed E-state index contributed by atoms with van der Waals surface area (Å²) in [6.45, 7) is 3.67. The summed E-state index contributed by atoms with van der Waals surface area (Å²) < 4.78 is 48.1. The van der Waals surface area contributed by atoms with Crippen LogP contribution in [0.1, 0.15) is 27.2 Å². The van der Waals surface area contributed by atoms with Crippen molar-refractivity contribution in [2.24, 2.45) is 11.8 Å². The maximum absolute atomic E-state index is 12.9. The van der Waals surface area contributed by atoms with Crippen LogP contribution in [0, 0.1) is 11.8 Å². The van der Waals surface area contributed by atoms with Gasteiger partial charge < -0.3 is 9.47 Å². The van der Waals surface area contributed by atoms with Crippen molar-refractivity contribution in [2.45, 2.75) is 39.0 Å². The van der Waals surface area contributed by atoms with E-state index in [1.54, 1.807) is 0 Å². The lowest BCUT2D eigenvalue weighted by atomic mass is 9.88. The number of hydrogen-bond donors (Lipinski definition) is 0. The van der Waals surface area contributed by atoms with Crippen molar-refractivity contribution in [3.05, 3.63) is 0 Å². The van der Waals surface area contributed by atoms with E-state index in [2.05, 4.69) is 4.74 Å². The minimum atomic E-state index is -4.65. The Morgan fingerprint density at radius 3 is 2.18 bits per heavy atom. The molecule has 1 aliphatic rings. The van der Waals surface area contributed by atoms with Gasteiger partial charge >= 0.3 is 18.2 Å². The summed E-state index contributed by atoms with van der Waals surface area (Å²) in [4.78, 5) is 35.8. The van der Waals surface area contributed by atoms with Crippen LogP contribution in [0.15, 0.2) is 0 Å². The summed E-state index contributed by atoms with van der Waals surface area (Å²) in [6, 6.07) is 0. The van der Waals surface area contributed by atoms with Gasteiger partial charge in [-0.3, -0.25) is 9.59 Å². The maximum Gasteiger partial charge on any atom is 0.417 e. The van der Waals surface area contributed by atoms with Crippen molar-refractivity contribution in [2.75, 3.05) is 13.7 Å². The molecule has 2 atom stereocenters. The number of amides is 2. The number of likely N-dealkylation sites (tertiary alicyclic amines) is 1. The van der Waals surface area contributed by atoms with Crippen LogP contribution in [0.3, 0.4) is 0 Å². The van der Waals surface area contributed by atoms with Crippen LogP contribution in [-0.2, 0) is 19.1 Å². The Balaban J connectivity index is 3.06. The first-order chi connectivity index (χ1) is 9.86. The van der Waals surface area contributed by atoms with Gasteiger partial charge in [0.05, 0.1) is 13.0 Å². The lowest BCUT2D eigenvalue weighted by molar-refractivity contribution is -0.195. The number of carbonyl (C=O) groups excluding carboxylic acids is 3. The average molecular weight is 325 g/mol. The summed E-state index contributed by atoms with van der Waals surface area (Å²) >= 11 is 0. The first-order valence-corrected chi connectivity index (χ1v) is 6.55. The van der Waals surface area contributed by atoms with Crippen LogP contribution in [0.5, 0.6) is 0 Å². The molecule has 0 aromatic rings. The molecule has 1 heterocycles. The van der Waals surface area contributed by atoms with E-state index >= 15 is 0 Å². The topological polar surface area (TPSA) is 72.9 Å². The first-order valence-electron chi connectivity index (χ1n) is 6.55. The molecule has 9 heteroatoms. The molecular weight excluding hydrogens is 307 g/mol. The van der Waals surface area contributed by atoms with Gasteiger partial charge in [-0.15, -0.1) is 0 Å². The Bertz CT molecular complexity index is 469.